The van der Waals surface area contributed by atoms with E-state index in [-0.39, 0.29) is 29.6 Å². The lowest BCUT2D eigenvalue weighted by molar-refractivity contribution is -0.150. The molecule has 0 saturated heterocycles. The van der Waals surface area contributed by atoms with Crippen LogP contribution in [0, 0.1) is 11.7 Å². The van der Waals surface area contributed by atoms with Gasteiger partial charge in [-0.2, -0.15) is 0 Å². The quantitative estimate of drug-likeness (QED) is 0.644. The van der Waals surface area contributed by atoms with Gasteiger partial charge in [-0.1, -0.05) is 0 Å². The zero-order valence-corrected chi connectivity index (χ0v) is 13.9. The molecule has 1 aromatic rings. The molecule has 8 nitrogen and oxygen atoms in total. The number of esters is 2. The predicted octanol–water partition coefficient (Wildman–Crippen LogP) is 1.44. The van der Waals surface area contributed by atoms with Crippen LogP contribution in [0.3, 0.4) is 0 Å². The first-order valence-corrected chi connectivity index (χ1v) is 7.74. The Hall–Kier alpha value is -2.71. The maximum atomic E-state index is 14.1. The maximum Gasteiger partial charge on any atom is 0.396 e. The minimum absolute atomic E-state index is 0.00893. The minimum Gasteiger partial charge on any atom is -0.472 e. The summed E-state index contributed by atoms with van der Waals surface area (Å²) in [5.41, 5.74) is 0.00893. The third-order valence-corrected chi connectivity index (χ3v) is 3.92. The van der Waals surface area contributed by atoms with E-state index in [9.17, 15) is 18.8 Å². The van der Waals surface area contributed by atoms with Crippen molar-refractivity contribution in [3.05, 3.63) is 18.1 Å². The summed E-state index contributed by atoms with van der Waals surface area (Å²) in [5.74, 6) is -3.48. The predicted molar refractivity (Wildman–Crippen MR) is 83.2 cm³/mol. The van der Waals surface area contributed by atoms with Crippen LogP contribution < -0.4 is 10.1 Å². The number of ether oxygens (including phenoxy) is 3. The van der Waals surface area contributed by atoms with E-state index >= 15 is 0 Å². The second-order valence-corrected chi connectivity index (χ2v) is 5.57. The Balaban J connectivity index is 1.92. The Bertz CT molecular complexity index is 658. The number of amides is 1. The molecule has 2 rings (SSSR count). The third kappa shape index (κ3) is 4.88. The maximum absolute atomic E-state index is 14.1. The summed E-state index contributed by atoms with van der Waals surface area (Å²) in [6, 6.07) is 1.00. The molecule has 0 aliphatic heterocycles. The van der Waals surface area contributed by atoms with Gasteiger partial charge in [-0.25, -0.2) is 14.2 Å². The Labute approximate surface area is 143 Å². The number of nitrogens with one attached hydrogen (secondary N) is 1. The Morgan fingerprint density at radius 3 is 2.40 bits per heavy atom. The molecule has 9 heteroatoms. The van der Waals surface area contributed by atoms with E-state index in [1.807, 2.05) is 0 Å². The Morgan fingerprint density at radius 1 is 1.16 bits per heavy atom. The molecule has 0 unspecified atom stereocenters. The van der Waals surface area contributed by atoms with E-state index in [2.05, 4.69) is 15.0 Å². The lowest BCUT2D eigenvalue weighted by Gasteiger charge is -2.27. The molecule has 1 N–H and O–H groups in total. The van der Waals surface area contributed by atoms with E-state index in [1.165, 1.54) is 13.3 Å². The molecule has 1 saturated carbocycles. The van der Waals surface area contributed by atoms with E-state index in [0.29, 0.717) is 25.7 Å². The third-order valence-electron chi connectivity index (χ3n) is 3.92. The van der Waals surface area contributed by atoms with Gasteiger partial charge in [0.1, 0.15) is 6.10 Å². The highest BCUT2D eigenvalue weighted by Crippen LogP contribution is 2.29. The highest BCUT2D eigenvalue weighted by molar-refractivity contribution is 6.37. The molecule has 0 aromatic carbocycles. The van der Waals surface area contributed by atoms with Gasteiger partial charge in [0.15, 0.2) is 5.82 Å². The standard InChI is InChI=1S/C16H19FN2O6/c1-23-15(21)9-3-5-11(6-4-9)25-14-12(17)7-10(8-18-14)19-13(20)16(22)24-2/h7-9,11H,3-6H2,1-2H3,(H,19,20)/t9-,11-. The highest BCUT2D eigenvalue weighted by atomic mass is 19.1. The summed E-state index contributed by atoms with van der Waals surface area (Å²) < 4.78 is 28.6. The van der Waals surface area contributed by atoms with E-state index in [0.717, 1.165) is 13.2 Å². The number of carbonyl (C=O) groups is 3. The fourth-order valence-corrected chi connectivity index (χ4v) is 2.60. The average molecular weight is 354 g/mol. The number of carbonyl (C=O) groups excluding carboxylic acids is 3. The van der Waals surface area contributed by atoms with Gasteiger partial charge >= 0.3 is 17.8 Å². The van der Waals surface area contributed by atoms with Gasteiger partial charge in [0.05, 0.1) is 32.0 Å². The van der Waals surface area contributed by atoms with Crippen LogP contribution in [0.2, 0.25) is 0 Å². The number of methoxy groups -OCH3 is 2. The fourth-order valence-electron chi connectivity index (χ4n) is 2.60. The molecule has 1 aromatic heterocycles. The first-order valence-electron chi connectivity index (χ1n) is 7.74. The molecule has 136 valence electrons. The average Bonchev–Trinajstić information content (AvgIpc) is 2.63. The number of aromatic nitrogens is 1. The SMILES string of the molecule is COC(=O)C(=O)Nc1cnc(O[C@H]2CC[C@H](C(=O)OC)CC2)c(F)c1. The number of anilines is 1. The van der Waals surface area contributed by atoms with Crippen molar-refractivity contribution >= 4 is 23.5 Å². The first kappa shape index (κ1) is 18.6. The van der Waals surface area contributed by atoms with Crippen LogP contribution in [0.4, 0.5) is 10.1 Å². The normalized spacial score (nSPS) is 19.6. The van der Waals surface area contributed by atoms with Crippen LogP contribution in [0.15, 0.2) is 12.3 Å². The second-order valence-electron chi connectivity index (χ2n) is 5.57. The molecule has 1 aliphatic carbocycles. The van der Waals surface area contributed by atoms with Gasteiger partial charge in [-0.15, -0.1) is 0 Å². The Kier molecular flexibility index (Phi) is 6.26. The fraction of sp³-hybridized carbons (Fsp3) is 0.500. The minimum atomic E-state index is -1.09. The van der Waals surface area contributed by atoms with Crippen molar-refractivity contribution in [1.29, 1.82) is 0 Å². The number of nitrogens with zero attached hydrogens (tertiary/aromatic N) is 1. The molecule has 0 atom stereocenters. The number of pyridine rings is 1. The van der Waals surface area contributed by atoms with E-state index in [4.69, 9.17) is 9.47 Å². The van der Waals surface area contributed by atoms with Gasteiger partial charge in [0.2, 0.25) is 0 Å². The van der Waals surface area contributed by atoms with Crippen molar-refractivity contribution in [2.45, 2.75) is 31.8 Å². The van der Waals surface area contributed by atoms with Crippen LogP contribution >= 0.6 is 0 Å². The first-order chi connectivity index (χ1) is 11.9. The molecule has 1 fully saturated rings. The van der Waals surface area contributed by atoms with Crippen molar-refractivity contribution in [2.75, 3.05) is 19.5 Å². The van der Waals surface area contributed by atoms with Crippen LogP contribution in [-0.2, 0) is 23.9 Å². The van der Waals surface area contributed by atoms with Crippen molar-refractivity contribution < 1.29 is 33.0 Å². The summed E-state index contributed by atoms with van der Waals surface area (Å²) in [6.07, 6.45) is 3.31. The second kappa shape index (κ2) is 8.41. The van der Waals surface area contributed by atoms with E-state index < -0.39 is 17.7 Å². The monoisotopic (exact) mass is 354 g/mol. The summed E-state index contributed by atoms with van der Waals surface area (Å²) >= 11 is 0. The van der Waals surface area contributed by atoms with Gasteiger partial charge in [-0.3, -0.25) is 9.59 Å². The van der Waals surface area contributed by atoms with Crippen LogP contribution in [-0.4, -0.2) is 43.2 Å². The van der Waals surface area contributed by atoms with E-state index in [1.54, 1.807) is 0 Å². The van der Waals surface area contributed by atoms with Gasteiger partial charge in [0.25, 0.3) is 5.88 Å². The number of rotatable bonds is 4. The molecule has 1 amide bonds. The number of hydrogen-bond donors (Lipinski definition) is 1. The molecule has 25 heavy (non-hydrogen) atoms. The van der Waals surface area contributed by atoms with Gasteiger partial charge < -0.3 is 19.5 Å². The summed E-state index contributed by atoms with van der Waals surface area (Å²) in [7, 11) is 2.41. The zero-order chi connectivity index (χ0) is 18.4. The number of hydrogen-bond acceptors (Lipinski definition) is 7. The Morgan fingerprint density at radius 2 is 1.84 bits per heavy atom. The molecular weight excluding hydrogens is 335 g/mol. The van der Waals surface area contributed by atoms with Crippen molar-refractivity contribution in [3.8, 4) is 5.88 Å². The van der Waals surface area contributed by atoms with Gasteiger partial charge in [0, 0.05) is 6.07 Å². The topological polar surface area (TPSA) is 104 Å². The molecule has 1 aliphatic rings. The lowest BCUT2D eigenvalue weighted by atomic mass is 9.87. The van der Waals surface area contributed by atoms with Crippen LogP contribution in [0.1, 0.15) is 25.7 Å². The van der Waals surface area contributed by atoms with Crippen LogP contribution in [0.5, 0.6) is 5.88 Å². The molecule has 0 bridgehead atoms. The molecule has 1 heterocycles. The smallest absolute Gasteiger partial charge is 0.396 e. The van der Waals surface area contributed by atoms with Gasteiger partial charge in [-0.05, 0) is 25.7 Å². The summed E-state index contributed by atoms with van der Waals surface area (Å²) in [4.78, 5) is 37.7. The lowest BCUT2D eigenvalue weighted by Crippen LogP contribution is -2.29. The van der Waals surface area contributed by atoms with Crippen molar-refractivity contribution in [2.24, 2.45) is 5.92 Å². The molecule has 0 spiro atoms. The summed E-state index contributed by atoms with van der Waals surface area (Å²) in [6.45, 7) is 0. The summed E-state index contributed by atoms with van der Waals surface area (Å²) in [5, 5.41) is 2.17. The number of halogens is 1. The zero-order valence-electron chi connectivity index (χ0n) is 13.9. The van der Waals surface area contributed by atoms with Crippen molar-refractivity contribution in [1.82, 2.24) is 4.98 Å². The molecule has 0 radical (unpaired) electrons. The highest BCUT2D eigenvalue weighted by Gasteiger charge is 2.28. The molecular formula is C16H19FN2O6. The van der Waals surface area contributed by atoms with Crippen LogP contribution in [0.25, 0.3) is 0 Å². The van der Waals surface area contributed by atoms with Crippen molar-refractivity contribution in [3.63, 3.8) is 0 Å². The largest absolute Gasteiger partial charge is 0.472 e.